The fourth-order valence-corrected chi connectivity index (χ4v) is 0.491. The number of alkyl halides is 3. The molecule has 0 nitrogen and oxygen atoms in total. The van der Waals surface area contributed by atoms with E-state index in [4.69, 9.17) is 11.6 Å². The SMILES string of the molecule is CSC(F)(F)CCl. The Morgan fingerprint density at radius 1 is 1.71 bits per heavy atom. The quantitative estimate of drug-likeness (QED) is 0.538. The van der Waals surface area contributed by atoms with Crippen molar-refractivity contribution in [3.63, 3.8) is 0 Å². The van der Waals surface area contributed by atoms with Gasteiger partial charge in [-0.2, -0.15) is 8.78 Å². The van der Waals surface area contributed by atoms with Crippen LogP contribution in [0.15, 0.2) is 0 Å². The molecule has 0 unspecified atom stereocenters. The highest BCUT2D eigenvalue weighted by molar-refractivity contribution is 7.99. The molecule has 0 aliphatic rings. The van der Waals surface area contributed by atoms with Gasteiger partial charge in [0.25, 0.3) is 0 Å². The molecule has 7 heavy (non-hydrogen) atoms. The van der Waals surface area contributed by atoms with E-state index in [1.54, 1.807) is 0 Å². The first-order chi connectivity index (χ1) is 3.12. The Morgan fingerprint density at radius 2 is 2.14 bits per heavy atom. The van der Waals surface area contributed by atoms with Crippen molar-refractivity contribution in [1.29, 1.82) is 0 Å². The van der Waals surface area contributed by atoms with E-state index in [0.29, 0.717) is 11.8 Å². The maximum absolute atomic E-state index is 11.7. The van der Waals surface area contributed by atoms with Gasteiger partial charge < -0.3 is 0 Å². The molecule has 0 amide bonds. The Balaban J connectivity index is 3.36. The number of thioether (sulfide) groups is 1. The molecule has 0 radical (unpaired) electrons. The molecule has 0 bridgehead atoms. The summed E-state index contributed by atoms with van der Waals surface area (Å²) >= 11 is 5.28. The molecule has 0 N–H and O–H groups in total. The summed E-state index contributed by atoms with van der Waals surface area (Å²) in [5, 5.41) is -2.73. The van der Waals surface area contributed by atoms with Gasteiger partial charge >= 0.3 is 5.25 Å². The Morgan fingerprint density at radius 3 is 2.14 bits per heavy atom. The average molecular weight is 147 g/mol. The number of rotatable bonds is 2. The topological polar surface area (TPSA) is 0 Å². The second-order valence-electron chi connectivity index (χ2n) is 0.975. The van der Waals surface area contributed by atoms with Crippen LogP contribution in [0.1, 0.15) is 0 Å². The Labute approximate surface area is 50.2 Å². The molecule has 0 heterocycles. The van der Waals surface area contributed by atoms with Gasteiger partial charge in [0, 0.05) is 0 Å². The predicted molar refractivity (Wildman–Crippen MR) is 29.2 cm³/mol. The minimum absolute atomic E-state index is 0.462. The fourth-order valence-electron chi connectivity index (χ4n) is 0.0546. The number of hydrogen-bond donors (Lipinski definition) is 0. The van der Waals surface area contributed by atoms with Crippen molar-refractivity contribution in [3.05, 3.63) is 0 Å². The van der Waals surface area contributed by atoms with Crippen LogP contribution in [0.2, 0.25) is 0 Å². The molecule has 0 fully saturated rings. The van der Waals surface area contributed by atoms with Crippen molar-refractivity contribution < 1.29 is 8.78 Å². The first kappa shape index (κ1) is 7.50. The van der Waals surface area contributed by atoms with Gasteiger partial charge in [-0.15, -0.1) is 11.6 Å². The highest BCUT2D eigenvalue weighted by Gasteiger charge is 2.24. The van der Waals surface area contributed by atoms with E-state index in [1.165, 1.54) is 6.26 Å². The molecule has 0 aromatic carbocycles. The van der Waals surface area contributed by atoms with Gasteiger partial charge in [-0.3, -0.25) is 0 Å². The second kappa shape index (κ2) is 2.72. The molecule has 0 rings (SSSR count). The Bertz CT molecular complexity index is 50.9. The Hall–Kier alpha value is 0.500. The summed E-state index contributed by atoms with van der Waals surface area (Å²) in [5.74, 6) is -0.603. The standard InChI is InChI=1S/C3H5ClF2S/c1-7-3(5,6)2-4/h2H2,1H3. The molecule has 0 saturated heterocycles. The van der Waals surface area contributed by atoms with Gasteiger partial charge in [0.15, 0.2) is 0 Å². The Kier molecular flexibility index (Phi) is 2.92. The van der Waals surface area contributed by atoms with Gasteiger partial charge in [-0.1, -0.05) is 11.8 Å². The van der Waals surface area contributed by atoms with Crippen LogP contribution < -0.4 is 0 Å². The van der Waals surface area contributed by atoms with Gasteiger partial charge in [0.2, 0.25) is 0 Å². The molecule has 0 saturated carbocycles. The predicted octanol–water partition coefficient (Wildman–Crippen LogP) is 2.18. The highest BCUT2D eigenvalue weighted by Crippen LogP contribution is 2.26. The summed E-state index contributed by atoms with van der Waals surface area (Å²) in [5.41, 5.74) is 0. The fraction of sp³-hybridized carbons (Fsp3) is 1.00. The maximum atomic E-state index is 11.7. The summed E-state index contributed by atoms with van der Waals surface area (Å²) in [6.07, 6.45) is 1.32. The molecule has 4 heteroatoms. The third-order valence-electron chi connectivity index (χ3n) is 0.454. The summed E-state index contributed by atoms with van der Waals surface area (Å²) < 4.78 is 23.4. The van der Waals surface area contributed by atoms with Crippen LogP contribution in [0.5, 0.6) is 0 Å². The monoisotopic (exact) mass is 146 g/mol. The van der Waals surface area contributed by atoms with E-state index < -0.39 is 11.1 Å². The highest BCUT2D eigenvalue weighted by atomic mass is 35.5. The van der Waals surface area contributed by atoms with Gasteiger partial charge in [0.05, 0.1) is 5.88 Å². The third kappa shape index (κ3) is 3.12. The lowest BCUT2D eigenvalue weighted by Gasteiger charge is -2.05. The van der Waals surface area contributed by atoms with Crippen molar-refractivity contribution in [2.45, 2.75) is 5.25 Å². The molecule has 0 aromatic rings. The lowest BCUT2D eigenvalue weighted by atomic mass is 10.8. The molecule has 0 aliphatic carbocycles. The van der Waals surface area contributed by atoms with E-state index in [9.17, 15) is 8.78 Å². The maximum Gasteiger partial charge on any atom is 0.306 e. The van der Waals surface area contributed by atoms with E-state index in [0.717, 1.165) is 0 Å². The first-order valence-corrected chi connectivity index (χ1v) is 3.37. The van der Waals surface area contributed by atoms with E-state index in [2.05, 4.69) is 0 Å². The van der Waals surface area contributed by atoms with Gasteiger partial charge in [0.1, 0.15) is 0 Å². The van der Waals surface area contributed by atoms with Gasteiger partial charge in [-0.25, -0.2) is 0 Å². The zero-order valence-corrected chi connectivity index (χ0v) is 5.32. The second-order valence-corrected chi connectivity index (χ2v) is 2.25. The number of hydrogen-bond acceptors (Lipinski definition) is 1. The minimum Gasteiger partial charge on any atom is -0.193 e. The van der Waals surface area contributed by atoms with Crippen LogP contribution in [-0.2, 0) is 0 Å². The van der Waals surface area contributed by atoms with Crippen LogP contribution in [0.25, 0.3) is 0 Å². The normalized spacial score (nSPS) is 12.0. The van der Waals surface area contributed by atoms with Crippen molar-refractivity contribution in [1.82, 2.24) is 0 Å². The smallest absolute Gasteiger partial charge is 0.193 e. The van der Waals surface area contributed by atoms with E-state index in [1.807, 2.05) is 0 Å². The summed E-state index contributed by atoms with van der Waals surface area (Å²) in [4.78, 5) is 0. The van der Waals surface area contributed by atoms with Crippen molar-refractivity contribution >= 4 is 23.4 Å². The van der Waals surface area contributed by atoms with E-state index >= 15 is 0 Å². The zero-order chi connectivity index (χ0) is 5.91. The summed E-state index contributed by atoms with van der Waals surface area (Å²) in [6.45, 7) is 0. The molecule has 0 atom stereocenters. The van der Waals surface area contributed by atoms with Crippen LogP contribution >= 0.6 is 23.4 Å². The van der Waals surface area contributed by atoms with Crippen LogP contribution in [-0.4, -0.2) is 17.4 Å². The molecular formula is C3H5ClF2S. The van der Waals surface area contributed by atoms with Crippen LogP contribution in [0.3, 0.4) is 0 Å². The van der Waals surface area contributed by atoms with Crippen molar-refractivity contribution in [2.24, 2.45) is 0 Å². The largest absolute Gasteiger partial charge is 0.306 e. The van der Waals surface area contributed by atoms with Crippen LogP contribution in [0, 0.1) is 0 Å². The third-order valence-corrected chi connectivity index (χ3v) is 1.69. The average Bonchev–Trinajstić information content (AvgIpc) is 1.68. The van der Waals surface area contributed by atoms with Crippen molar-refractivity contribution in [2.75, 3.05) is 12.1 Å². The molecule has 0 aromatic heterocycles. The zero-order valence-electron chi connectivity index (χ0n) is 3.75. The van der Waals surface area contributed by atoms with Gasteiger partial charge in [-0.05, 0) is 6.26 Å². The first-order valence-electron chi connectivity index (χ1n) is 1.61. The lowest BCUT2D eigenvalue weighted by Crippen LogP contribution is -2.10. The van der Waals surface area contributed by atoms with Crippen LogP contribution in [0.4, 0.5) is 8.78 Å². The van der Waals surface area contributed by atoms with E-state index in [-0.39, 0.29) is 0 Å². The molecule has 44 valence electrons. The molecular weight excluding hydrogens is 142 g/mol. The molecule has 0 spiro atoms. The lowest BCUT2D eigenvalue weighted by molar-refractivity contribution is 0.133. The molecule has 0 aliphatic heterocycles. The minimum atomic E-state index is -2.73. The summed E-state index contributed by atoms with van der Waals surface area (Å²) in [7, 11) is 0. The summed E-state index contributed by atoms with van der Waals surface area (Å²) in [6, 6.07) is 0. The van der Waals surface area contributed by atoms with Crippen molar-refractivity contribution in [3.8, 4) is 0 Å². The number of halogens is 3.